The van der Waals surface area contributed by atoms with E-state index in [0.29, 0.717) is 5.69 Å². The monoisotopic (exact) mass is 352 g/mol. The smallest absolute Gasteiger partial charge is 0.227 e. The summed E-state index contributed by atoms with van der Waals surface area (Å²) in [5.74, 6) is 0.327. The molecular formula is C19H20N4OS. The molecule has 2 aliphatic heterocycles. The fourth-order valence-electron chi connectivity index (χ4n) is 3.75. The molecular weight excluding hydrogens is 332 g/mol. The van der Waals surface area contributed by atoms with Gasteiger partial charge in [-0.1, -0.05) is 0 Å². The van der Waals surface area contributed by atoms with E-state index in [0.717, 1.165) is 51.1 Å². The molecule has 1 atom stereocenters. The second kappa shape index (κ2) is 6.85. The number of hydrogen-bond acceptors (Lipinski definition) is 5. The summed E-state index contributed by atoms with van der Waals surface area (Å²) in [4.78, 5) is 22.8. The van der Waals surface area contributed by atoms with Gasteiger partial charge in [-0.3, -0.25) is 4.79 Å². The Kier molecular flexibility index (Phi) is 4.41. The van der Waals surface area contributed by atoms with Crippen molar-refractivity contribution in [3.05, 3.63) is 45.9 Å². The molecule has 4 rings (SSSR count). The summed E-state index contributed by atoms with van der Waals surface area (Å²) < 4.78 is 0. The Morgan fingerprint density at radius 1 is 1.32 bits per heavy atom. The van der Waals surface area contributed by atoms with Crippen LogP contribution in [0.4, 0.5) is 5.69 Å². The zero-order valence-corrected chi connectivity index (χ0v) is 14.8. The van der Waals surface area contributed by atoms with Crippen molar-refractivity contribution < 1.29 is 4.79 Å². The number of nitrogens with zero attached hydrogens (tertiary/aromatic N) is 4. The van der Waals surface area contributed by atoms with Crippen LogP contribution in [0.25, 0.3) is 0 Å². The first kappa shape index (κ1) is 16.1. The molecule has 128 valence electrons. The van der Waals surface area contributed by atoms with Gasteiger partial charge in [-0.05, 0) is 48.4 Å². The maximum Gasteiger partial charge on any atom is 0.227 e. The number of carbonyl (C=O) groups is 1. The molecule has 4 heterocycles. The van der Waals surface area contributed by atoms with Gasteiger partial charge in [-0.15, -0.1) is 11.3 Å². The van der Waals surface area contributed by atoms with Crippen molar-refractivity contribution in [2.24, 2.45) is 5.92 Å². The predicted molar refractivity (Wildman–Crippen MR) is 97.3 cm³/mol. The fourth-order valence-corrected chi connectivity index (χ4v) is 4.64. The number of rotatable bonds is 2. The molecule has 2 aromatic heterocycles. The van der Waals surface area contributed by atoms with Crippen LogP contribution < -0.4 is 4.90 Å². The molecule has 0 radical (unpaired) electrons. The summed E-state index contributed by atoms with van der Waals surface area (Å²) in [5.41, 5.74) is 2.73. The zero-order chi connectivity index (χ0) is 17.2. The van der Waals surface area contributed by atoms with E-state index in [1.54, 1.807) is 23.6 Å². The summed E-state index contributed by atoms with van der Waals surface area (Å²) in [7, 11) is 0. The third-order valence-electron chi connectivity index (χ3n) is 5.12. The molecule has 6 heteroatoms. The van der Waals surface area contributed by atoms with Crippen molar-refractivity contribution in [2.75, 3.05) is 24.5 Å². The van der Waals surface area contributed by atoms with Crippen LogP contribution in [0.1, 0.15) is 29.0 Å². The molecule has 0 saturated carbocycles. The quantitative estimate of drug-likeness (QED) is 0.834. The Morgan fingerprint density at radius 3 is 3.04 bits per heavy atom. The van der Waals surface area contributed by atoms with Gasteiger partial charge >= 0.3 is 0 Å². The van der Waals surface area contributed by atoms with Crippen molar-refractivity contribution >= 4 is 22.9 Å². The van der Waals surface area contributed by atoms with Crippen LogP contribution in [0.2, 0.25) is 0 Å². The van der Waals surface area contributed by atoms with E-state index in [1.165, 1.54) is 10.4 Å². The second-order valence-electron chi connectivity index (χ2n) is 6.68. The average molecular weight is 352 g/mol. The number of anilines is 1. The highest BCUT2D eigenvalue weighted by atomic mass is 32.1. The summed E-state index contributed by atoms with van der Waals surface area (Å²) in [5, 5.41) is 11.0. The number of pyridine rings is 1. The Balaban J connectivity index is 1.44. The molecule has 0 bridgehead atoms. The van der Waals surface area contributed by atoms with Crippen molar-refractivity contribution in [3.63, 3.8) is 0 Å². The maximum atomic E-state index is 13.0. The SMILES string of the molecule is N#Cc1ccc(N2CCCC(C(=O)N3CCc4sccc4C3)C2)cn1. The van der Waals surface area contributed by atoms with Crippen molar-refractivity contribution in [1.29, 1.82) is 5.26 Å². The van der Waals surface area contributed by atoms with Crippen molar-refractivity contribution in [1.82, 2.24) is 9.88 Å². The van der Waals surface area contributed by atoms with Gasteiger partial charge in [0.25, 0.3) is 0 Å². The fraction of sp³-hybridized carbons (Fsp3) is 0.421. The van der Waals surface area contributed by atoms with Crippen LogP contribution in [-0.2, 0) is 17.8 Å². The Hall–Kier alpha value is -2.39. The average Bonchev–Trinajstić information content (AvgIpc) is 3.15. The van der Waals surface area contributed by atoms with Crippen LogP contribution >= 0.6 is 11.3 Å². The summed E-state index contributed by atoms with van der Waals surface area (Å²) in [6.07, 6.45) is 4.68. The van der Waals surface area contributed by atoms with Gasteiger partial charge in [-0.2, -0.15) is 5.26 Å². The minimum Gasteiger partial charge on any atom is -0.369 e. The Morgan fingerprint density at radius 2 is 2.24 bits per heavy atom. The number of aromatic nitrogens is 1. The van der Waals surface area contributed by atoms with Gasteiger partial charge in [0.2, 0.25) is 5.91 Å². The maximum absolute atomic E-state index is 13.0. The first-order valence-corrected chi connectivity index (χ1v) is 9.57. The van der Waals surface area contributed by atoms with Crippen molar-refractivity contribution in [3.8, 4) is 6.07 Å². The number of carbonyl (C=O) groups excluding carboxylic acids is 1. The van der Waals surface area contributed by atoms with Gasteiger partial charge in [0.15, 0.2) is 0 Å². The molecule has 0 aromatic carbocycles. The number of fused-ring (bicyclic) bond motifs is 1. The molecule has 25 heavy (non-hydrogen) atoms. The molecule has 1 unspecified atom stereocenters. The lowest BCUT2D eigenvalue weighted by Gasteiger charge is -2.37. The molecule has 1 saturated heterocycles. The van der Waals surface area contributed by atoms with E-state index in [2.05, 4.69) is 21.3 Å². The van der Waals surface area contributed by atoms with E-state index < -0.39 is 0 Å². The van der Waals surface area contributed by atoms with Gasteiger partial charge in [0.1, 0.15) is 11.8 Å². The highest BCUT2D eigenvalue weighted by Gasteiger charge is 2.31. The minimum absolute atomic E-state index is 0.0459. The second-order valence-corrected chi connectivity index (χ2v) is 7.68. The van der Waals surface area contributed by atoms with E-state index in [9.17, 15) is 4.79 Å². The number of amides is 1. The summed E-state index contributed by atoms with van der Waals surface area (Å²) in [6, 6.07) is 7.86. The molecule has 2 aliphatic rings. The molecule has 1 amide bonds. The lowest BCUT2D eigenvalue weighted by atomic mass is 9.95. The lowest BCUT2D eigenvalue weighted by molar-refractivity contribution is -0.136. The molecule has 5 nitrogen and oxygen atoms in total. The van der Waals surface area contributed by atoms with Crippen LogP contribution in [0.3, 0.4) is 0 Å². The van der Waals surface area contributed by atoms with Gasteiger partial charge < -0.3 is 9.80 Å². The Bertz CT molecular complexity index is 808. The molecule has 0 aliphatic carbocycles. The molecule has 1 fully saturated rings. The van der Waals surface area contributed by atoms with Crippen LogP contribution in [0, 0.1) is 17.2 Å². The standard InChI is InChI=1S/C19H20N4OS/c20-10-16-3-4-17(11-21-16)22-7-1-2-15(13-22)19(24)23-8-5-18-14(12-23)6-9-25-18/h3-4,6,9,11,15H,1-2,5,7-8,12-13H2. The highest BCUT2D eigenvalue weighted by molar-refractivity contribution is 7.10. The third kappa shape index (κ3) is 3.24. The topological polar surface area (TPSA) is 60.2 Å². The number of thiophene rings is 1. The lowest BCUT2D eigenvalue weighted by Crippen LogP contribution is -2.46. The molecule has 2 aromatic rings. The highest BCUT2D eigenvalue weighted by Crippen LogP contribution is 2.28. The first-order chi connectivity index (χ1) is 12.2. The summed E-state index contributed by atoms with van der Waals surface area (Å²) >= 11 is 1.80. The van der Waals surface area contributed by atoms with E-state index >= 15 is 0 Å². The predicted octanol–water partition coefficient (Wildman–Crippen LogP) is 2.82. The van der Waals surface area contributed by atoms with Crippen LogP contribution in [0.5, 0.6) is 0 Å². The number of piperidine rings is 1. The van der Waals surface area contributed by atoms with E-state index in [4.69, 9.17) is 5.26 Å². The van der Waals surface area contributed by atoms with E-state index in [1.807, 2.05) is 17.0 Å². The number of hydrogen-bond donors (Lipinski definition) is 0. The first-order valence-electron chi connectivity index (χ1n) is 8.70. The zero-order valence-electron chi connectivity index (χ0n) is 14.0. The summed E-state index contributed by atoms with van der Waals surface area (Å²) in [6.45, 7) is 3.26. The van der Waals surface area contributed by atoms with Crippen LogP contribution in [-0.4, -0.2) is 35.4 Å². The molecule has 0 spiro atoms. The van der Waals surface area contributed by atoms with Crippen LogP contribution in [0.15, 0.2) is 29.8 Å². The minimum atomic E-state index is 0.0459. The van der Waals surface area contributed by atoms with Gasteiger partial charge in [0.05, 0.1) is 17.8 Å². The van der Waals surface area contributed by atoms with Crippen molar-refractivity contribution in [2.45, 2.75) is 25.8 Å². The third-order valence-corrected chi connectivity index (χ3v) is 6.14. The Labute approximate surface area is 151 Å². The normalized spacial score (nSPS) is 20.0. The largest absolute Gasteiger partial charge is 0.369 e. The van der Waals surface area contributed by atoms with Gasteiger partial charge in [-0.25, -0.2) is 4.98 Å². The molecule has 0 N–H and O–H groups in total. The van der Waals surface area contributed by atoms with Gasteiger partial charge in [0, 0.05) is 31.1 Å². The number of nitriles is 1. The van der Waals surface area contributed by atoms with E-state index in [-0.39, 0.29) is 11.8 Å².